The van der Waals surface area contributed by atoms with Crippen molar-refractivity contribution in [3.05, 3.63) is 83.7 Å². The third-order valence-electron chi connectivity index (χ3n) is 3.90. The zero-order chi connectivity index (χ0) is 17.6. The molecule has 25 heavy (non-hydrogen) atoms. The largest absolute Gasteiger partial charge is 0.381 e. The van der Waals surface area contributed by atoms with Gasteiger partial charge in [0.1, 0.15) is 0 Å². The molecule has 3 nitrogen and oxygen atoms in total. The molecule has 0 radical (unpaired) electrons. The minimum atomic E-state index is 0.767. The Bertz CT molecular complexity index is 550. The van der Waals surface area contributed by atoms with Gasteiger partial charge in [-0.2, -0.15) is 0 Å². The summed E-state index contributed by atoms with van der Waals surface area (Å²) in [4.78, 5) is 0. The van der Waals surface area contributed by atoms with Gasteiger partial charge >= 0.3 is 0 Å². The Kier molecular flexibility index (Phi) is 9.27. The van der Waals surface area contributed by atoms with E-state index in [0.717, 1.165) is 45.0 Å². The number of ether oxygens (including phenoxy) is 1. The van der Waals surface area contributed by atoms with Crippen LogP contribution in [0, 0.1) is 0 Å². The molecule has 0 amide bonds. The van der Waals surface area contributed by atoms with Crippen LogP contribution in [0.5, 0.6) is 0 Å². The van der Waals surface area contributed by atoms with Gasteiger partial charge in [-0.3, -0.25) is 0 Å². The molecular weight excluding hydrogens is 308 g/mol. The average Bonchev–Trinajstić information content (AvgIpc) is 2.67. The predicted octanol–water partition coefficient (Wildman–Crippen LogP) is 4.61. The molecule has 0 bridgehead atoms. The molecule has 2 rings (SSSR count). The summed E-state index contributed by atoms with van der Waals surface area (Å²) in [5.41, 5.74) is 2.54. The Morgan fingerprint density at radius 1 is 0.840 bits per heavy atom. The quantitative estimate of drug-likeness (QED) is 0.554. The maximum absolute atomic E-state index is 5.65. The highest BCUT2D eigenvalue weighted by Crippen LogP contribution is 2.02. The van der Waals surface area contributed by atoms with E-state index in [0.29, 0.717) is 0 Å². The summed E-state index contributed by atoms with van der Waals surface area (Å²) < 4.78 is 5.65. The lowest BCUT2D eigenvalue weighted by molar-refractivity contribution is 0.135. The molecule has 0 aliphatic rings. The van der Waals surface area contributed by atoms with E-state index in [1.165, 1.54) is 17.5 Å². The highest BCUT2D eigenvalue weighted by Gasteiger charge is 1.99. The molecule has 0 unspecified atom stereocenters. The van der Waals surface area contributed by atoms with Crippen molar-refractivity contribution in [1.29, 1.82) is 0 Å². The first kappa shape index (κ1) is 19.1. The fourth-order valence-electron chi connectivity index (χ4n) is 2.43. The van der Waals surface area contributed by atoms with Crippen molar-refractivity contribution in [2.45, 2.75) is 39.3 Å². The molecule has 3 heteroatoms. The highest BCUT2D eigenvalue weighted by molar-refractivity contribution is 5.17. The minimum Gasteiger partial charge on any atom is -0.381 e. The van der Waals surface area contributed by atoms with E-state index in [1.54, 1.807) is 0 Å². The van der Waals surface area contributed by atoms with Gasteiger partial charge in [-0.15, -0.1) is 0 Å². The molecule has 2 aromatic rings. The number of nitrogens with one attached hydrogen (secondary N) is 2. The summed E-state index contributed by atoms with van der Waals surface area (Å²) in [6.45, 7) is 5.43. The summed E-state index contributed by atoms with van der Waals surface area (Å²) in [6.07, 6.45) is 5.41. The Hall–Kier alpha value is -2.26. The maximum atomic E-state index is 5.65. The first-order chi connectivity index (χ1) is 12.4. The lowest BCUT2D eigenvalue weighted by Gasteiger charge is -2.14. The van der Waals surface area contributed by atoms with E-state index < -0.39 is 0 Å². The lowest BCUT2D eigenvalue weighted by atomic mass is 10.2. The third kappa shape index (κ3) is 8.41. The summed E-state index contributed by atoms with van der Waals surface area (Å²) in [5.74, 6) is 1.06. The minimum absolute atomic E-state index is 0.767. The van der Waals surface area contributed by atoms with Gasteiger partial charge in [0.05, 0.1) is 12.4 Å². The summed E-state index contributed by atoms with van der Waals surface area (Å²) in [7, 11) is 0. The Morgan fingerprint density at radius 3 is 1.92 bits per heavy atom. The Morgan fingerprint density at radius 2 is 1.40 bits per heavy atom. The van der Waals surface area contributed by atoms with Crippen LogP contribution in [0.2, 0.25) is 0 Å². The van der Waals surface area contributed by atoms with Crippen LogP contribution >= 0.6 is 0 Å². The first-order valence-corrected chi connectivity index (χ1v) is 9.22. The second kappa shape index (κ2) is 12.2. The highest BCUT2D eigenvalue weighted by atomic mass is 16.5. The second-order valence-electron chi connectivity index (χ2n) is 6.05. The van der Waals surface area contributed by atoms with Crippen LogP contribution in [0.1, 0.15) is 37.3 Å². The molecule has 2 N–H and O–H groups in total. The van der Waals surface area contributed by atoms with Crippen LogP contribution in [0.3, 0.4) is 0 Å². The van der Waals surface area contributed by atoms with Crippen LogP contribution < -0.4 is 10.6 Å². The van der Waals surface area contributed by atoms with Crippen LogP contribution in [-0.2, 0) is 17.8 Å². The van der Waals surface area contributed by atoms with Crippen LogP contribution in [-0.4, -0.2) is 13.2 Å². The molecule has 0 saturated carbocycles. The van der Waals surface area contributed by atoms with Crippen molar-refractivity contribution in [3.8, 4) is 0 Å². The smallest absolute Gasteiger partial charge is 0.0951 e. The first-order valence-electron chi connectivity index (χ1n) is 9.22. The van der Waals surface area contributed by atoms with Crippen molar-refractivity contribution in [1.82, 2.24) is 10.6 Å². The average molecular weight is 338 g/mol. The summed E-state index contributed by atoms with van der Waals surface area (Å²) >= 11 is 0. The number of unbranched alkanes of at least 4 members (excludes halogenated alkanes) is 1. The van der Waals surface area contributed by atoms with Crippen molar-refractivity contribution in [2.75, 3.05) is 13.2 Å². The van der Waals surface area contributed by atoms with Crippen LogP contribution in [0.25, 0.3) is 0 Å². The fourth-order valence-corrected chi connectivity index (χ4v) is 2.43. The molecule has 0 spiro atoms. The summed E-state index contributed by atoms with van der Waals surface area (Å²) in [5, 5.41) is 7.01. The number of hydrogen-bond donors (Lipinski definition) is 2. The van der Waals surface area contributed by atoms with Crippen molar-refractivity contribution >= 4 is 0 Å². The molecule has 0 aliphatic heterocycles. The van der Waals surface area contributed by atoms with E-state index in [4.69, 9.17) is 4.74 Å². The van der Waals surface area contributed by atoms with Gasteiger partial charge in [0, 0.05) is 19.7 Å². The predicted molar refractivity (Wildman–Crippen MR) is 105 cm³/mol. The normalized spacial score (nSPS) is 10.3. The van der Waals surface area contributed by atoms with Gasteiger partial charge in [-0.25, -0.2) is 0 Å². The molecule has 0 fully saturated rings. The molecule has 2 aromatic carbocycles. The van der Waals surface area contributed by atoms with E-state index in [1.807, 2.05) is 12.1 Å². The van der Waals surface area contributed by atoms with Gasteiger partial charge in [0.2, 0.25) is 0 Å². The molecule has 0 heterocycles. The van der Waals surface area contributed by atoms with Gasteiger partial charge < -0.3 is 15.4 Å². The lowest BCUT2D eigenvalue weighted by Crippen LogP contribution is -2.26. The van der Waals surface area contributed by atoms with E-state index >= 15 is 0 Å². The Balaban J connectivity index is 1.83. The van der Waals surface area contributed by atoms with Crippen molar-refractivity contribution < 1.29 is 4.74 Å². The van der Waals surface area contributed by atoms with Crippen molar-refractivity contribution in [3.63, 3.8) is 0 Å². The number of rotatable bonds is 12. The molecule has 0 aromatic heterocycles. The monoisotopic (exact) mass is 338 g/mol. The van der Waals surface area contributed by atoms with Crippen molar-refractivity contribution in [2.24, 2.45) is 0 Å². The van der Waals surface area contributed by atoms with Crippen LogP contribution in [0.4, 0.5) is 0 Å². The standard InChI is InChI=1S/C22H30N2O/c1-2-3-16-25-17-10-15-22(23-18-20-11-6-4-7-12-20)24-19-21-13-8-5-9-14-21/h4-9,11-15,23-24H,2-3,10,16-19H2,1H3. The van der Waals surface area contributed by atoms with E-state index in [2.05, 4.69) is 72.2 Å². The zero-order valence-corrected chi connectivity index (χ0v) is 15.2. The van der Waals surface area contributed by atoms with E-state index in [9.17, 15) is 0 Å². The molecule has 0 saturated heterocycles. The summed E-state index contributed by atoms with van der Waals surface area (Å²) in [6, 6.07) is 20.9. The molecular formula is C22H30N2O. The maximum Gasteiger partial charge on any atom is 0.0951 e. The molecule has 134 valence electrons. The van der Waals surface area contributed by atoms with Gasteiger partial charge in [-0.05, 0) is 30.0 Å². The van der Waals surface area contributed by atoms with Crippen LogP contribution in [0.15, 0.2) is 72.6 Å². The van der Waals surface area contributed by atoms with Gasteiger partial charge in [-0.1, -0.05) is 74.0 Å². The molecule has 0 atom stereocenters. The third-order valence-corrected chi connectivity index (χ3v) is 3.90. The Labute approximate surface area is 152 Å². The van der Waals surface area contributed by atoms with E-state index in [-0.39, 0.29) is 0 Å². The number of benzene rings is 2. The zero-order valence-electron chi connectivity index (χ0n) is 15.2. The van der Waals surface area contributed by atoms with Gasteiger partial charge in [0.15, 0.2) is 0 Å². The second-order valence-corrected chi connectivity index (χ2v) is 6.05. The SMILES string of the molecule is CCCCOCCC=C(NCc1ccccc1)NCc1ccccc1. The topological polar surface area (TPSA) is 33.3 Å². The molecule has 0 aliphatic carbocycles. The fraction of sp³-hybridized carbons (Fsp3) is 0.364. The van der Waals surface area contributed by atoms with Gasteiger partial charge in [0.25, 0.3) is 0 Å². The number of hydrogen-bond acceptors (Lipinski definition) is 3.